The number of para-hydroxylation sites is 1. The van der Waals surface area contributed by atoms with E-state index in [1.54, 1.807) is 0 Å². The third kappa shape index (κ3) is 2.03. The van der Waals surface area contributed by atoms with Crippen molar-refractivity contribution in [2.24, 2.45) is 0 Å². The number of hydrogen-bond donors (Lipinski definition) is 1. The second-order valence-electron chi connectivity index (χ2n) is 5.18. The summed E-state index contributed by atoms with van der Waals surface area (Å²) < 4.78 is 1.96. The number of anilines is 1. The summed E-state index contributed by atoms with van der Waals surface area (Å²) in [5, 5.41) is 5.68. The summed E-state index contributed by atoms with van der Waals surface area (Å²) in [6.07, 6.45) is 0. The van der Waals surface area contributed by atoms with Crippen molar-refractivity contribution in [2.45, 2.75) is 27.3 Å². The fraction of sp³-hybridized carbons (Fsp3) is 0.250. The number of aryl methyl sites for hydroxylation is 2. The smallest absolute Gasteiger partial charge is 0.0826 e. The maximum Gasteiger partial charge on any atom is 0.0826 e. The number of aromatic nitrogens is 3. The molecule has 4 nitrogen and oxygen atoms in total. The quantitative estimate of drug-likeness (QED) is 0.775. The van der Waals surface area contributed by atoms with Crippen LogP contribution in [0.15, 0.2) is 30.3 Å². The molecule has 2 aromatic heterocycles. The normalized spacial score (nSPS) is 11.2. The molecule has 1 aromatic carbocycles. The van der Waals surface area contributed by atoms with E-state index in [-0.39, 0.29) is 0 Å². The molecule has 0 atom stereocenters. The van der Waals surface area contributed by atoms with Crippen LogP contribution in [-0.4, -0.2) is 14.8 Å². The fourth-order valence-electron chi connectivity index (χ4n) is 2.55. The van der Waals surface area contributed by atoms with Crippen LogP contribution >= 0.6 is 0 Å². The molecule has 0 saturated heterocycles. The van der Waals surface area contributed by atoms with Crippen LogP contribution < -0.4 is 5.73 Å². The first-order chi connectivity index (χ1) is 9.56. The molecule has 0 aliphatic carbocycles. The average molecular weight is 266 g/mol. The van der Waals surface area contributed by atoms with E-state index in [0.29, 0.717) is 6.54 Å². The summed E-state index contributed by atoms with van der Waals surface area (Å²) in [4.78, 5) is 4.57. The van der Waals surface area contributed by atoms with Gasteiger partial charge >= 0.3 is 0 Å². The Morgan fingerprint density at radius 3 is 2.60 bits per heavy atom. The second kappa shape index (κ2) is 4.63. The maximum absolute atomic E-state index is 6.00. The lowest BCUT2D eigenvalue weighted by Gasteiger charge is -2.09. The van der Waals surface area contributed by atoms with Gasteiger partial charge in [0.15, 0.2) is 0 Å². The molecule has 3 rings (SSSR count). The standard InChI is InChI=1S/C16H18N4/c1-10-8-13(14-6-4-5-7-15(14)18-10)9-20-12(3)16(17)11(2)19-20/h4-8H,9,17H2,1-3H3. The predicted molar refractivity (Wildman–Crippen MR) is 81.7 cm³/mol. The van der Waals surface area contributed by atoms with Gasteiger partial charge in [-0.05, 0) is 38.5 Å². The van der Waals surface area contributed by atoms with E-state index < -0.39 is 0 Å². The van der Waals surface area contributed by atoms with E-state index in [1.165, 1.54) is 10.9 Å². The number of fused-ring (bicyclic) bond motifs is 1. The Morgan fingerprint density at radius 2 is 1.90 bits per heavy atom. The highest BCUT2D eigenvalue weighted by molar-refractivity contribution is 5.82. The van der Waals surface area contributed by atoms with E-state index >= 15 is 0 Å². The Kier molecular flexibility index (Phi) is 2.93. The molecule has 0 radical (unpaired) electrons. The summed E-state index contributed by atoms with van der Waals surface area (Å²) in [5.74, 6) is 0. The molecule has 2 heterocycles. The van der Waals surface area contributed by atoms with Crippen molar-refractivity contribution < 1.29 is 0 Å². The Hall–Kier alpha value is -2.36. The minimum absolute atomic E-state index is 0.716. The molecule has 0 fully saturated rings. The monoisotopic (exact) mass is 266 g/mol. The van der Waals surface area contributed by atoms with Crippen LogP contribution in [-0.2, 0) is 6.54 Å². The zero-order valence-corrected chi connectivity index (χ0v) is 12.0. The summed E-state index contributed by atoms with van der Waals surface area (Å²) in [6, 6.07) is 10.3. The molecule has 0 aliphatic heterocycles. The fourth-order valence-corrected chi connectivity index (χ4v) is 2.55. The molecule has 0 saturated carbocycles. The number of nitrogens with two attached hydrogens (primary N) is 1. The average Bonchev–Trinajstić information content (AvgIpc) is 2.66. The van der Waals surface area contributed by atoms with Gasteiger partial charge in [-0.15, -0.1) is 0 Å². The van der Waals surface area contributed by atoms with E-state index in [9.17, 15) is 0 Å². The highest BCUT2D eigenvalue weighted by Gasteiger charge is 2.10. The summed E-state index contributed by atoms with van der Waals surface area (Å²) >= 11 is 0. The van der Waals surface area contributed by atoms with Crippen molar-refractivity contribution in [3.8, 4) is 0 Å². The molecule has 0 aliphatic rings. The van der Waals surface area contributed by atoms with Crippen molar-refractivity contribution in [2.75, 3.05) is 5.73 Å². The summed E-state index contributed by atoms with van der Waals surface area (Å²) in [6.45, 7) is 6.68. The highest BCUT2D eigenvalue weighted by Crippen LogP contribution is 2.21. The molecule has 2 N–H and O–H groups in total. The molecule has 0 amide bonds. The predicted octanol–water partition coefficient (Wildman–Crippen LogP) is 2.99. The Bertz CT molecular complexity index is 787. The van der Waals surface area contributed by atoms with Gasteiger partial charge in [-0.25, -0.2) is 0 Å². The third-order valence-electron chi connectivity index (χ3n) is 3.69. The van der Waals surface area contributed by atoms with E-state index in [2.05, 4.69) is 22.2 Å². The number of hydrogen-bond acceptors (Lipinski definition) is 3. The minimum atomic E-state index is 0.716. The lowest BCUT2D eigenvalue weighted by molar-refractivity contribution is 0.661. The maximum atomic E-state index is 6.00. The molecule has 0 spiro atoms. The molecule has 3 aromatic rings. The molecule has 102 valence electrons. The van der Waals surface area contributed by atoms with E-state index in [4.69, 9.17) is 5.73 Å². The molecular weight excluding hydrogens is 248 g/mol. The van der Waals surface area contributed by atoms with Gasteiger partial charge in [0.2, 0.25) is 0 Å². The van der Waals surface area contributed by atoms with Crippen molar-refractivity contribution in [3.05, 3.63) is 53.0 Å². The lowest BCUT2D eigenvalue weighted by atomic mass is 10.1. The molecular formula is C16H18N4. The van der Waals surface area contributed by atoms with Gasteiger partial charge in [-0.1, -0.05) is 18.2 Å². The first-order valence-electron chi connectivity index (χ1n) is 6.71. The van der Waals surface area contributed by atoms with Crippen molar-refractivity contribution in [3.63, 3.8) is 0 Å². The van der Waals surface area contributed by atoms with Crippen LogP contribution in [0, 0.1) is 20.8 Å². The van der Waals surface area contributed by atoms with Gasteiger partial charge in [0.05, 0.1) is 29.1 Å². The Balaban J connectivity index is 2.12. The first-order valence-corrected chi connectivity index (χ1v) is 6.71. The first kappa shape index (κ1) is 12.7. The van der Waals surface area contributed by atoms with E-state index in [1.807, 2.05) is 43.7 Å². The van der Waals surface area contributed by atoms with Crippen LogP contribution in [0.3, 0.4) is 0 Å². The molecule has 0 bridgehead atoms. The van der Waals surface area contributed by atoms with Crippen LogP contribution in [0.1, 0.15) is 22.6 Å². The van der Waals surface area contributed by atoms with Gasteiger partial charge in [0, 0.05) is 11.1 Å². The van der Waals surface area contributed by atoms with Gasteiger partial charge in [0.25, 0.3) is 0 Å². The summed E-state index contributed by atoms with van der Waals surface area (Å²) in [7, 11) is 0. The molecule has 0 unspecified atom stereocenters. The molecule has 4 heteroatoms. The zero-order valence-electron chi connectivity index (χ0n) is 12.0. The van der Waals surface area contributed by atoms with E-state index in [0.717, 1.165) is 28.3 Å². The van der Waals surface area contributed by atoms with Crippen molar-refractivity contribution >= 4 is 16.6 Å². The van der Waals surface area contributed by atoms with Crippen LogP contribution in [0.25, 0.3) is 10.9 Å². The van der Waals surface area contributed by atoms with Crippen LogP contribution in [0.5, 0.6) is 0 Å². The highest BCUT2D eigenvalue weighted by atomic mass is 15.3. The number of benzene rings is 1. The number of pyridine rings is 1. The topological polar surface area (TPSA) is 56.7 Å². The number of rotatable bonds is 2. The number of nitrogens with zero attached hydrogens (tertiary/aromatic N) is 3. The summed E-state index contributed by atoms with van der Waals surface area (Å²) in [5.41, 5.74) is 12.0. The van der Waals surface area contributed by atoms with Crippen LogP contribution in [0.2, 0.25) is 0 Å². The van der Waals surface area contributed by atoms with Crippen LogP contribution in [0.4, 0.5) is 5.69 Å². The molecule has 20 heavy (non-hydrogen) atoms. The largest absolute Gasteiger partial charge is 0.396 e. The van der Waals surface area contributed by atoms with Gasteiger partial charge in [-0.2, -0.15) is 5.10 Å². The number of nitrogen functional groups attached to an aromatic ring is 1. The second-order valence-corrected chi connectivity index (χ2v) is 5.18. The Labute approximate surface area is 118 Å². The minimum Gasteiger partial charge on any atom is -0.396 e. The van der Waals surface area contributed by atoms with Crippen molar-refractivity contribution in [1.82, 2.24) is 14.8 Å². The SMILES string of the molecule is Cc1cc(Cn2nc(C)c(N)c2C)c2ccccc2n1. The lowest BCUT2D eigenvalue weighted by Crippen LogP contribution is -2.06. The third-order valence-corrected chi connectivity index (χ3v) is 3.69. The zero-order chi connectivity index (χ0) is 14.3. The van der Waals surface area contributed by atoms with Gasteiger partial charge in [0.1, 0.15) is 0 Å². The Morgan fingerprint density at radius 1 is 1.15 bits per heavy atom. The van der Waals surface area contributed by atoms with Crippen molar-refractivity contribution in [1.29, 1.82) is 0 Å². The van der Waals surface area contributed by atoms with Gasteiger partial charge < -0.3 is 5.73 Å². The van der Waals surface area contributed by atoms with Gasteiger partial charge in [-0.3, -0.25) is 9.67 Å².